The van der Waals surface area contributed by atoms with Crippen LogP contribution in [-0.4, -0.2) is 78.2 Å². The molecule has 2 heterocycles. The number of Topliss-reactive ketones (excluding diaryl/α,β-unsaturated/α-hetero) is 1. The Morgan fingerprint density at radius 1 is 0.851 bits per heavy atom. The van der Waals surface area contributed by atoms with E-state index in [4.69, 9.17) is 5.11 Å². The number of β-amino-alcohol motifs (C(OH)–C–C–N with tert-alkyl or cyclic N) is 1. The minimum absolute atomic E-state index is 0. The number of phenols is 1. The maximum absolute atomic E-state index is 13.3. The number of hydrogen-bond donors (Lipinski definition) is 2. The summed E-state index contributed by atoms with van der Waals surface area (Å²) in [7, 11) is 0. The molecule has 1 fully saturated rings. The average molecular weight is 715 g/mol. The van der Waals surface area contributed by atoms with Crippen molar-refractivity contribution in [3.8, 4) is 5.75 Å². The van der Waals surface area contributed by atoms with Gasteiger partial charge >= 0.3 is 6.18 Å². The van der Waals surface area contributed by atoms with Crippen LogP contribution >= 0.6 is 36.6 Å². The van der Waals surface area contributed by atoms with E-state index < -0.39 is 11.7 Å². The number of phenolic OH excluding ortho intramolecular Hbond substituents is 1. The zero-order valence-electron chi connectivity index (χ0n) is 26.9. The maximum Gasteiger partial charge on any atom is 0.416 e. The number of alkyl halides is 3. The first-order chi connectivity index (χ1) is 21.5. The number of aromatic hydroxyl groups is 1. The van der Waals surface area contributed by atoms with Crippen molar-refractivity contribution < 1.29 is 28.2 Å². The highest BCUT2D eigenvalue weighted by molar-refractivity contribution is 7.99. The monoisotopic (exact) mass is 713 g/mol. The van der Waals surface area contributed by atoms with E-state index in [1.54, 1.807) is 24.3 Å². The van der Waals surface area contributed by atoms with Crippen molar-refractivity contribution >= 4 is 53.7 Å². The van der Waals surface area contributed by atoms with Crippen molar-refractivity contribution in [3.05, 3.63) is 89.0 Å². The molecule has 0 aliphatic carbocycles. The standard InChI is InChI=1S/C22H26F3N3OS.C13H16O2.2ClH/c23-22(24,25)17-6-7-21-19(16-17)28(18-4-1-2-5-20(18)30-21)9-3-8-26-10-12-27(13-11-26)14-15-29;1-9(2)4-5-12-8-11(10(3)14)6-7-13(12)15;;/h1-2,4-7,16,29H,3,8-15H2;4,6-8,15H,5H2,1-3H3;2*1H. The van der Waals surface area contributed by atoms with Crippen LogP contribution in [0, 0.1) is 0 Å². The number of halogens is 5. The Kier molecular flexibility index (Phi) is 16.1. The molecule has 2 N–H and O–H groups in total. The van der Waals surface area contributed by atoms with Gasteiger partial charge in [0.05, 0.1) is 23.5 Å². The third-order valence-corrected chi connectivity index (χ3v) is 9.04. The summed E-state index contributed by atoms with van der Waals surface area (Å²) in [6.45, 7) is 11.8. The van der Waals surface area contributed by atoms with Gasteiger partial charge in [-0.15, -0.1) is 24.8 Å². The fraction of sp³-hybridized carbons (Fsp3) is 0.400. The predicted molar refractivity (Wildman–Crippen MR) is 189 cm³/mol. The molecule has 0 unspecified atom stereocenters. The lowest BCUT2D eigenvalue weighted by Gasteiger charge is -2.36. The Morgan fingerprint density at radius 3 is 2.11 bits per heavy atom. The molecule has 3 aromatic rings. The van der Waals surface area contributed by atoms with Crippen LogP contribution in [-0.2, 0) is 12.6 Å². The lowest BCUT2D eigenvalue weighted by Crippen LogP contribution is -2.47. The second-order valence-corrected chi connectivity index (χ2v) is 12.6. The minimum Gasteiger partial charge on any atom is -0.508 e. The highest BCUT2D eigenvalue weighted by atomic mass is 35.5. The van der Waals surface area contributed by atoms with Crippen LogP contribution < -0.4 is 4.90 Å². The number of piperazine rings is 1. The first-order valence-corrected chi connectivity index (χ1v) is 16.1. The number of rotatable bonds is 9. The van der Waals surface area contributed by atoms with E-state index in [0.29, 0.717) is 30.8 Å². The number of benzene rings is 3. The van der Waals surface area contributed by atoms with E-state index in [1.165, 1.54) is 36.4 Å². The van der Waals surface area contributed by atoms with E-state index >= 15 is 0 Å². The van der Waals surface area contributed by atoms with E-state index in [9.17, 15) is 23.1 Å². The SMILES string of the molecule is CC(=O)c1ccc(O)c(CC=C(C)C)c1.Cl.Cl.OCCN1CCN(CCCN2c3ccccc3Sc3ccc(C(F)(F)F)cc32)CC1. The summed E-state index contributed by atoms with van der Waals surface area (Å²) >= 11 is 1.53. The first kappa shape index (κ1) is 40.4. The molecule has 6 nitrogen and oxygen atoms in total. The van der Waals surface area contributed by atoms with Gasteiger partial charge in [0, 0.05) is 54.6 Å². The number of carbonyl (C=O) groups is 1. The van der Waals surface area contributed by atoms with E-state index in [-0.39, 0.29) is 43.0 Å². The Hall–Kier alpha value is -2.73. The summed E-state index contributed by atoms with van der Waals surface area (Å²) in [5.74, 6) is 0.269. The first-order valence-electron chi connectivity index (χ1n) is 15.2. The minimum atomic E-state index is -4.35. The van der Waals surface area contributed by atoms with Crippen LogP contribution in [0.4, 0.5) is 24.5 Å². The zero-order chi connectivity index (χ0) is 32.6. The molecule has 3 aromatic carbocycles. The second kappa shape index (κ2) is 18.7. The molecular weight excluding hydrogens is 670 g/mol. The number of ketones is 1. The fourth-order valence-corrected chi connectivity index (χ4v) is 6.44. The normalized spacial score (nSPS) is 14.4. The van der Waals surface area contributed by atoms with Gasteiger partial charge in [-0.05, 0) is 94.3 Å². The van der Waals surface area contributed by atoms with Crippen LogP contribution in [0.2, 0.25) is 0 Å². The highest BCUT2D eigenvalue weighted by Gasteiger charge is 2.33. The van der Waals surface area contributed by atoms with Gasteiger partial charge in [-0.2, -0.15) is 13.2 Å². The van der Waals surface area contributed by atoms with Crippen molar-refractivity contribution in [2.45, 2.75) is 49.6 Å². The van der Waals surface area contributed by atoms with Crippen LogP contribution in [0.5, 0.6) is 5.75 Å². The summed E-state index contributed by atoms with van der Waals surface area (Å²) in [6, 6.07) is 16.9. The molecule has 47 heavy (non-hydrogen) atoms. The van der Waals surface area contributed by atoms with Crippen LogP contribution in [0.25, 0.3) is 0 Å². The summed E-state index contributed by atoms with van der Waals surface area (Å²) in [5, 5.41) is 18.7. The molecule has 2 aliphatic heterocycles. The zero-order valence-corrected chi connectivity index (χ0v) is 29.4. The average Bonchev–Trinajstić information content (AvgIpc) is 3.00. The predicted octanol–water partition coefficient (Wildman–Crippen LogP) is 8.26. The van der Waals surface area contributed by atoms with E-state index in [1.807, 2.05) is 49.1 Å². The molecule has 0 aromatic heterocycles. The van der Waals surface area contributed by atoms with Crippen molar-refractivity contribution in [1.29, 1.82) is 0 Å². The fourth-order valence-electron chi connectivity index (χ4n) is 5.36. The number of aliphatic hydroxyl groups excluding tert-OH is 1. The summed E-state index contributed by atoms with van der Waals surface area (Å²) in [5.41, 5.74) is 3.64. The molecule has 1 saturated heterocycles. The van der Waals surface area contributed by atoms with Gasteiger partial charge in [0.25, 0.3) is 0 Å². The molecule has 258 valence electrons. The summed E-state index contributed by atoms with van der Waals surface area (Å²) in [4.78, 5) is 19.8. The number of fused-ring (bicyclic) bond motifs is 2. The Bertz CT molecular complexity index is 1490. The van der Waals surface area contributed by atoms with Crippen molar-refractivity contribution in [2.24, 2.45) is 0 Å². The van der Waals surface area contributed by atoms with Crippen molar-refractivity contribution in [2.75, 3.05) is 57.3 Å². The lowest BCUT2D eigenvalue weighted by molar-refractivity contribution is -0.137. The molecule has 12 heteroatoms. The van der Waals surface area contributed by atoms with Gasteiger partial charge in [-0.3, -0.25) is 9.69 Å². The van der Waals surface area contributed by atoms with E-state index in [0.717, 1.165) is 60.2 Å². The smallest absolute Gasteiger partial charge is 0.416 e. The third-order valence-electron chi connectivity index (χ3n) is 7.91. The number of carbonyl (C=O) groups excluding carboxylic acids is 1. The van der Waals surface area contributed by atoms with Crippen LogP contribution in [0.1, 0.15) is 48.7 Å². The van der Waals surface area contributed by atoms with Crippen LogP contribution in [0.3, 0.4) is 0 Å². The van der Waals surface area contributed by atoms with Gasteiger partial charge in [0.15, 0.2) is 5.78 Å². The van der Waals surface area contributed by atoms with E-state index in [2.05, 4.69) is 9.80 Å². The van der Waals surface area contributed by atoms with Gasteiger partial charge in [0.2, 0.25) is 0 Å². The molecule has 0 spiro atoms. The molecule has 2 aliphatic rings. The Morgan fingerprint density at radius 2 is 1.49 bits per heavy atom. The van der Waals surface area contributed by atoms with Gasteiger partial charge in [-0.1, -0.05) is 35.5 Å². The summed E-state index contributed by atoms with van der Waals surface area (Å²) in [6.07, 6.45) is -0.792. The third kappa shape index (κ3) is 11.4. The second-order valence-electron chi connectivity index (χ2n) is 11.5. The largest absolute Gasteiger partial charge is 0.508 e. The number of anilines is 2. The Balaban J connectivity index is 0.000000386. The maximum atomic E-state index is 13.3. The number of allylic oxidation sites excluding steroid dienone is 2. The number of hydrogen-bond acceptors (Lipinski definition) is 7. The van der Waals surface area contributed by atoms with Gasteiger partial charge in [0.1, 0.15) is 5.75 Å². The number of para-hydroxylation sites is 1. The quantitative estimate of drug-likeness (QED) is 0.171. The number of aliphatic hydroxyl groups is 1. The Labute approximate surface area is 292 Å². The van der Waals surface area contributed by atoms with Gasteiger partial charge in [-0.25, -0.2) is 0 Å². The van der Waals surface area contributed by atoms with Gasteiger partial charge < -0.3 is 20.0 Å². The number of nitrogens with zero attached hydrogens (tertiary/aromatic N) is 3. The van der Waals surface area contributed by atoms with Crippen molar-refractivity contribution in [1.82, 2.24) is 9.80 Å². The molecule has 0 radical (unpaired) electrons. The highest BCUT2D eigenvalue weighted by Crippen LogP contribution is 2.49. The molecule has 0 atom stereocenters. The molecular formula is C35H44Cl2F3N3O3S. The lowest BCUT2D eigenvalue weighted by atomic mass is 10.0. The molecule has 5 rings (SSSR count). The molecule has 0 saturated carbocycles. The summed E-state index contributed by atoms with van der Waals surface area (Å²) < 4.78 is 39.9. The van der Waals surface area contributed by atoms with Crippen LogP contribution in [0.15, 0.2) is 82.1 Å². The topological polar surface area (TPSA) is 67.2 Å². The molecule has 0 bridgehead atoms. The van der Waals surface area contributed by atoms with Crippen molar-refractivity contribution in [3.63, 3.8) is 0 Å². The molecule has 0 amide bonds.